The molecule has 1 aromatic heterocycles. The molecular weight excluding hydrogens is 327 g/mol. The second-order valence-corrected chi connectivity index (χ2v) is 4.89. The first-order chi connectivity index (χ1) is 12.1. The van der Waals surface area contributed by atoms with Gasteiger partial charge in [0.15, 0.2) is 11.5 Å². The quantitative estimate of drug-likeness (QED) is 0.684. The Bertz CT molecular complexity index is 878. The van der Waals surface area contributed by atoms with Crippen LogP contribution in [0, 0.1) is 5.82 Å². The van der Waals surface area contributed by atoms with Crippen LogP contribution >= 0.6 is 0 Å². The fraction of sp³-hybridized carbons (Fsp3) is 0.0667. The first-order valence-electron chi connectivity index (χ1n) is 7.17. The van der Waals surface area contributed by atoms with Gasteiger partial charge in [-0.15, -0.1) is 10.2 Å². The Hall–Kier alpha value is -3.69. The maximum Gasteiger partial charge on any atom is 0.271 e. The topological polar surface area (TPSA) is 130 Å². The van der Waals surface area contributed by atoms with E-state index in [9.17, 15) is 9.18 Å². The monoisotopic (exact) mass is 340 g/mol. The number of hydrogen-bond acceptors (Lipinski definition) is 8. The van der Waals surface area contributed by atoms with Crippen LogP contribution in [0.3, 0.4) is 0 Å². The van der Waals surface area contributed by atoms with Crippen LogP contribution in [0.5, 0.6) is 0 Å². The molecule has 3 rings (SSSR count). The third-order valence-electron chi connectivity index (χ3n) is 3.13. The van der Waals surface area contributed by atoms with Gasteiger partial charge in [-0.25, -0.2) is 9.37 Å². The predicted octanol–water partition coefficient (Wildman–Crippen LogP) is 0.540. The number of hydrazone groups is 1. The molecule has 0 fully saturated rings. The van der Waals surface area contributed by atoms with Crippen molar-refractivity contribution in [2.45, 2.75) is 0 Å². The van der Waals surface area contributed by atoms with E-state index >= 15 is 0 Å². The fourth-order valence-corrected chi connectivity index (χ4v) is 1.95. The molecule has 1 aliphatic rings. The molecule has 0 atom stereocenters. The van der Waals surface area contributed by atoms with E-state index in [1.807, 2.05) is 0 Å². The summed E-state index contributed by atoms with van der Waals surface area (Å²) in [6.07, 6.45) is 4.23. The molecule has 0 radical (unpaired) electrons. The van der Waals surface area contributed by atoms with Crippen molar-refractivity contribution in [1.82, 2.24) is 15.3 Å². The van der Waals surface area contributed by atoms with Crippen LogP contribution in [-0.4, -0.2) is 39.7 Å². The Labute approximate surface area is 141 Å². The summed E-state index contributed by atoms with van der Waals surface area (Å²) in [6.45, 7) is 0.0449. The van der Waals surface area contributed by atoms with Crippen LogP contribution in [0.2, 0.25) is 0 Å². The van der Waals surface area contributed by atoms with Crippen LogP contribution in [0.15, 0.2) is 58.2 Å². The lowest BCUT2D eigenvalue weighted by Gasteiger charge is -2.06. The van der Waals surface area contributed by atoms with E-state index in [-0.39, 0.29) is 23.8 Å². The molecule has 1 aromatic carbocycles. The minimum Gasteiger partial charge on any atom is -0.380 e. The molecule has 4 N–H and O–H groups in total. The zero-order valence-electron chi connectivity index (χ0n) is 12.8. The van der Waals surface area contributed by atoms with Crippen molar-refractivity contribution in [3.8, 4) is 0 Å². The van der Waals surface area contributed by atoms with Crippen LogP contribution in [-0.2, 0) is 0 Å². The summed E-state index contributed by atoms with van der Waals surface area (Å²) in [5, 5.41) is 14.3. The molecule has 2 heterocycles. The largest absolute Gasteiger partial charge is 0.380 e. The summed E-state index contributed by atoms with van der Waals surface area (Å²) in [5.74, 6) is -0.727. The average molecular weight is 340 g/mol. The van der Waals surface area contributed by atoms with E-state index in [4.69, 9.17) is 5.73 Å². The van der Waals surface area contributed by atoms with Gasteiger partial charge in [-0.1, -0.05) is 6.07 Å². The van der Waals surface area contributed by atoms with Gasteiger partial charge >= 0.3 is 0 Å². The molecule has 0 saturated heterocycles. The summed E-state index contributed by atoms with van der Waals surface area (Å²) in [7, 11) is 0. The number of hydrogen-bond donors (Lipinski definition) is 3. The molecule has 1 aliphatic heterocycles. The van der Waals surface area contributed by atoms with Gasteiger partial charge in [-0.3, -0.25) is 15.2 Å². The summed E-state index contributed by atoms with van der Waals surface area (Å²) < 4.78 is 13.2. The zero-order chi connectivity index (χ0) is 17.6. The van der Waals surface area contributed by atoms with Gasteiger partial charge in [0.2, 0.25) is 0 Å². The van der Waals surface area contributed by atoms with Crippen LogP contribution in [0.1, 0.15) is 10.5 Å². The van der Waals surface area contributed by atoms with E-state index in [0.717, 1.165) is 0 Å². The summed E-state index contributed by atoms with van der Waals surface area (Å²) in [4.78, 5) is 19.7. The van der Waals surface area contributed by atoms with Crippen molar-refractivity contribution in [2.24, 2.45) is 21.0 Å². The van der Waals surface area contributed by atoms with Crippen LogP contribution in [0.4, 0.5) is 10.1 Å². The first kappa shape index (κ1) is 16.2. The van der Waals surface area contributed by atoms with Gasteiger partial charge in [0.1, 0.15) is 17.2 Å². The molecule has 0 aliphatic carbocycles. The second-order valence-electron chi connectivity index (χ2n) is 4.89. The van der Waals surface area contributed by atoms with Crippen molar-refractivity contribution in [2.75, 3.05) is 12.0 Å². The number of amidine groups is 1. The van der Waals surface area contributed by atoms with Gasteiger partial charge in [0.05, 0.1) is 18.4 Å². The Morgan fingerprint density at radius 1 is 1.28 bits per heavy atom. The number of carbonyl (C=O) groups excluding carboxylic acids is 1. The Morgan fingerprint density at radius 2 is 2.16 bits per heavy atom. The normalized spacial score (nSPS) is 14.8. The van der Waals surface area contributed by atoms with Gasteiger partial charge in [-0.05, 0) is 18.2 Å². The first-order valence-corrected chi connectivity index (χ1v) is 7.17. The number of nitrogens with one attached hydrogen (secondary N) is 2. The van der Waals surface area contributed by atoms with Crippen molar-refractivity contribution < 1.29 is 9.18 Å². The number of amides is 1. The Balaban J connectivity index is 1.65. The van der Waals surface area contributed by atoms with Gasteiger partial charge in [0.25, 0.3) is 5.91 Å². The minimum atomic E-state index is -0.418. The van der Waals surface area contributed by atoms with Crippen molar-refractivity contribution >= 4 is 28.9 Å². The smallest absolute Gasteiger partial charge is 0.271 e. The minimum absolute atomic E-state index is 0.0449. The second kappa shape index (κ2) is 7.25. The Morgan fingerprint density at radius 3 is 2.92 bits per heavy atom. The number of nitrogens with zero attached hydrogens (tertiary/aromatic N) is 5. The summed E-state index contributed by atoms with van der Waals surface area (Å²) in [6, 6.07) is 5.78. The number of carbonyl (C=O) groups is 1. The van der Waals surface area contributed by atoms with Crippen molar-refractivity contribution in [3.63, 3.8) is 0 Å². The lowest BCUT2D eigenvalue weighted by molar-refractivity contribution is 0.0954. The van der Waals surface area contributed by atoms with Gasteiger partial charge < -0.3 is 11.1 Å². The van der Waals surface area contributed by atoms with Gasteiger partial charge in [-0.2, -0.15) is 5.10 Å². The molecule has 126 valence electrons. The highest BCUT2D eigenvalue weighted by molar-refractivity contribution is 6.70. The highest BCUT2D eigenvalue weighted by Gasteiger charge is 2.21. The molecule has 25 heavy (non-hydrogen) atoms. The van der Waals surface area contributed by atoms with E-state index in [1.54, 1.807) is 12.1 Å². The number of aromatic nitrogens is 2. The average Bonchev–Trinajstić information content (AvgIpc) is 2.98. The lowest BCUT2D eigenvalue weighted by atomic mass is 10.2. The van der Waals surface area contributed by atoms with Crippen LogP contribution in [0.25, 0.3) is 0 Å². The standard InChI is InChI=1S/C15H13FN8O/c16-9-2-1-3-10(6-9)21-23-13-11(22-24-14(13)17)8-20-15(25)12-7-18-4-5-19-12/h1-7,21H,8H2,(H,20,25)(H2,17,23,24). The number of anilines is 1. The van der Waals surface area contributed by atoms with E-state index in [2.05, 4.69) is 36.0 Å². The van der Waals surface area contributed by atoms with E-state index < -0.39 is 11.7 Å². The highest BCUT2D eigenvalue weighted by Crippen LogP contribution is 2.09. The molecule has 10 heteroatoms. The molecular formula is C15H13FN8O. The molecule has 0 bridgehead atoms. The molecule has 9 nitrogen and oxygen atoms in total. The third-order valence-corrected chi connectivity index (χ3v) is 3.13. The number of benzene rings is 1. The lowest BCUT2D eigenvalue weighted by Crippen LogP contribution is -2.37. The summed E-state index contributed by atoms with van der Waals surface area (Å²) in [5.41, 5.74) is 9.65. The van der Waals surface area contributed by atoms with Gasteiger partial charge in [0, 0.05) is 12.4 Å². The zero-order valence-corrected chi connectivity index (χ0v) is 12.8. The van der Waals surface area contributed by atoms with E-state index in [1.165, 1.54) is 30.7 Å². The number of nitrogens with two attached hydrogens (primary N) is 1. The number of rotatable bonds is 5. The third kappa shape index (κ3) is 3.99. The molecule has 2 aromatic rings. The van der Waals surface area contributed by atoms with Crippen molar-refractivity contribution in [3.05, 3.63) is 54.4 Å². The molecule has 0 saturated carbocycles. The number of halogens is 1. The predicted molar refractivity (Wildman–Crippen MR) is 90.9 cm³/mol. The SMILES string of the molecule is NC1=NN=C(CNC(=O)c2cnccn2)C1=NNc1cccc(F)c1. The molecule has 1 amide bonds. The van der Waals surface area contributed by atoms with Crippen molar-refractivity contribution in [1.29, 1.82) is 0 Å². The highest BCUT2D eigenvalue weighted by atomic mass is 19.1. The summed E-state index contributed by atoms with van der Waals surface area (Å²) >= 11 is 0. The molecule has 0 unspecified atom stereocenters. The Kier molecular flexibility index (Phi) is 4.69. The maximum atomic E-state index is 13.2. The maximum absolute atomic E-state index is 13.2. The fourth-order valence-electron chi connectivity index (χ4n) is 1.95. The molecule has 0 spiro atoms. The van der Waals surface area contributed by atoms with E-state index in [0.29, 0.717) is 11.4 Å². The van der Waals surface area contributed by atoms with Crippen LogP contribution < -0.4 is 16.5 Å².